The Hall–Kier alpha value is -3.86. The van der Waals surface area contributed by atoms with Gasteiger partial charge in [-0.2, -0.15) is 0 Å². The largest absolute Gasteiger partial charge is 0.507 e. The Morgan fingerprint density at radius 3 is 2.49 bits per heavy atom. The summed E-state index contributed by atoms with van der Waals surface area (Å²) in [6, 6.07) is 17.9. The van der Waals surface area contributed by atoms with Crippen molar-refractivity contribution in [3.63, 3.8) is 0 Å². The second kappa shape index (κ2) is 11.1. The molecule has 1 aliphatic rings. The molecule has 0 saturated carbocycles. The SMILES string of the molecule is COc1cc(C2/C(=C(/O)c3ccc(C)cc3)C(=O)C(=O)N2c2nnc(SCc3ccc(Cl)cc3)s2)ccc1O. The molecule has 198 valence electrons. The average molecular weight is 580 g/mol. The minimum Gasteiger partial charge on any atom is -0.507 e. The zero-order valence-corrected chi connectivity index (χ0v) is 23.2. The number of aromatic nitrogens is 2. The fourth-order valence-electron chi connectivity index (χ4n) is 4.16. The van der Waals surface area contributed by atoms with Crippen LogP contribution in [0.1, 0.15) is 28.3 Å². The van der Waals surface area contributed by atoms with Crippen molar-refractivity contribution in [1.82, 2.24) is 10.2 Å². The molecule has 1 amide bonds. The van der Waals surface area contributed by atoms with Crippen LogP contribution in [-0.2, 0) is 15.3 Å². The quantitative estimate of drug-likeness (QED) is 0.0883. The van der Waals surface area contributed by atoms with E-state index in [2.05, 4.69) is 10.2 Å². The summed E-state index contributed by atoms with van der Waals surface area (Å²) in [6.45, 7) is 1.91. The molecule has 1 unspecified atom stereocenters. The van der Waals surface area contributed by atoms with Crippen molar-refractivity contribution in [2.75, 3.05) is 12.0 Å². The summed E-state index contributed by atoms with van der Waals surface area (Å²) in [4.78, 5) is 28.0. The molecule has 1 aromatic heterocycles. The van der Waals surface area contributed by atoms with Crippen molar-refractivity contribution in [2.24, 2.45) is 0 Å². The molecule has 1 saturated heterocycles. The van der Waals surface area contributed by atoms with Gasteiger partial charge in [0.25, 0.3) is 5.78 Å². The number of carbonyl (C=O) groups is 2. The minimum atomic E-state index is -1.03. The summed E-state index contributed by atoms with van der Waals surface area (Å²) in [6.07, 6.45) is 0. The lowest BCUT2D eigenvalue weighted by molar-refractivity contribution is -0.132. The summed E-state index contributed by atoms with van der Waals surface area (Å²) >= 11 is 8.57. The van der Waals surface area contributed by atoms with E-state index < -0.39 is 17.7 Å². The van der Waals surface area contributed by atoms with E-state index in [1.807, 2.05) is 31.2 Å². The molecule has 2 N–H and O–H groups in total. The number of halogens is 1. The first-order valence-corrected chi connectivity index (χ1v) is 13.9. The molecule has 5 rings (SSSR count). The smallest absolute Gasteiger partial charge is 0.301 e. The average Bonchev–Trinajstić information content (AvgIpc) is 3.50. The molecule has 1 aliphatic heterocycles. The van der Waals surface area contributed by atoms with Gasteiger partial charge in [0.15, 0.2) is 15.8 Å². The first kappa shape index (κ1) is 26.7. The highest BCUT2D eigenvalue weighted by molar-refractivity contribution is 8.00. The van der Waals surface area contributed by atoms with Crippen LogP contribution in [0.4, 0.5) is 5.13 Å². The van der Waals surface area contributed by atoms with Crippen LogP contribution in [0.2, 0.25) is 5.02 Å². The van der Waals surface area contributed by atoms with Gasteiger partial charge in [0.1, 0.15) is 5.76 Å². The molecule has 11 heteroatoms. The number of thioether (sulfide) groups is 1. The highest BCUT2D eigenvalue weighted by Gasteiger charge is 2.48. The van der Waals surface area contributed by atoms with Gasteiger partial charge in [-0.1, -0.05) is 82.7 Å². The summed E-state index contributed by atoms with van der Waals surface area (Å²) < 4.78 is 5.86. The number of aryl methyl sites for hydroxylation is 1. The van der Waals surface area contributed by atoms with Crippen LogP contribution in [0.25, 0.3) is 5.76 Å². The first-order valence-electron chi connectivity index (χ1n) is 11.7. The summed E-state index contributed by atoms with van der Waals surface area (Å²) in [5, 5.41) is 30.7. The number of methoxy groups -OCH3 is 1. The van der Waals surface area contributed by atoms with Gasteiger partial charge in [-0.15, -0.1) is 10.2 Å². The minimum absolute atomic E-state index is 0.0952. The maximum absolute atomic E-state index is 13.4. The molecule has 0 spiro atoms. The normalized spacial score (nSPS) is 16.6. The van der Waals surface area contributed by atoms with Gasteiger partial charge in [0.05, 0.1) is 18.7 Å². The van der Waals surface area contributed by atoms with Crippen molar-refractivity contribution in [3.8, 4) is 11.5 Å². The first-order chi connectivity index (χ1) is 18.8. The molecule has 3 aromatic carbocycles. The van der Waals surface area contributed by atoms with Crippen LogP contribution < -0.4 is 9.64 Å². The molecule has 39 heavy (non-hydrogen) atoms. The summed E-state index contributed by atoms with van der Waals surface area (Å²) in [5.74, 6) is -1.34. The zero-order chi connectivity index (χ0) is 27.7. The monoisotopic (exact) mass is 579 g/mol. The molecule has 0 bridgehead atoms. The molecule has 2 heterocycles. The molecule has 0 radical (unpaired) electrons. The van der Waals surface area contributed by atoms with Gasteiger partial charge in [0, 0.05) is 16.3 Å². The van der Waals surface area contributed by atoms with Crippen molar-refractivity contribution >= 4 is 57.3 Å². The number of rotatable bonds is 7. The van der Waals surface area contributed by atoms with Crippen LogP contribution in [0.3, 0.4) is 0 Å². The highest BCUT2D eigenvalue weighted by atomic mass is 35.5. The third-order valence-electron chi connectivity index (χ3n) is 6.17. The number of hydrogen-bond acceptors (Lipinski definition) is 9. The van der Waals surface area contributed by atoms with Gasteiger partial charge in [-0.05, 0) is 42.3 Å². The van der Waals surface area contributed by atoms with Crippen LogP contribution in [0, 0.1) is 6.92 Å². The van der Waals surface area contributed by atoms with E-state index in [9.17, 15) is 19.8 Å². The number of benzene rings is 3. The Morgan fingerprint density at radius 2 is 1.79 bits per heavy atom. The molecule has 4 aromatic rings. The fourth-order valence-corrected chi connectivity index (χ4v) is 6.11. The number of aliphatic hydroxyl groups excluding tert-OH is 1. The number of anilines is 1. The second-order valence-electron chi connectivity index (χ2n) is 8.73. The Kier molecular flexibility index (Phi) is 7.60. The lowest BCUT2D eigenvalue weighted by atomic mass is 9.95. The van der Waals surface area contributed by atoms with Gasteiger partial charge in [0.2, 0.25) is 5.13 Å². The molecule has 8 nitrogen and oxygen atoms in total. The number of aromatic hydroxyl groups is 1. The lowest BCUT2D eigenvalue weighted by Crippen LogP contribution is -2.29. The number of nitrogens with zero attached hydrogens (tertiary/aromatic N) is 3. The number of Topliss-reactive ketones (excluding diaryl/α,β-unsaturated/α-hetero) is 1. The highest BCUT2D eigenvalue weighted by Crippen LogP contribution is 2.45. The van der Waals surface area contributed by atoms with Gasteiger partial charge in [-0.3, -0.25) is 14.5 Å². The van der Waals surface area contributed by atoms with Crippen LogP contribution >= 0.6 is 34.7 Å². The van der Waals surface area contributed by atoms with Crippen molar-refractivity contribution in [3.05, 3.63) is 99.6 Å². The maximum atomic E-state index is 13.4. The number of aliphatic hydroxyl groups is 1. The number of phenols is 1. The Morgan fingerprint density at radius 1 is 1.08 bits per heavy atom. The standard InChI is InChI=1S/C28H22ClN3O5S2/c1-15-3-7-17(8-4-15)24(34)22-23(18-9-12-20(33)21(13-18)37-2)32(26(36)25(22)35)27-30-31-28(39-27)38-14-16-5-10-19(29)11-6-16/h3-13,23,33-34H,14H2,1-2H3/b24-22-. The number of phenolic OH excluding ortho intramolecular Hbond substituents is 1. The van der Waals surface area contributed by atoms with Crippen LogP contribution in [0.5, 0.6) is 11.5 Å². The predicted molar refractivity (Wildman–Crippen MR) is 152 cm³/mol. The van der Waals surface area contributed by atoms with Crippen molar-refractivity contribution < 1.29 is 24.5 Å². The van der Waals surface area contributed by atoms with Crippen LogP contribution in [0.15, 0.2) is 76.6 Å². The zero-order valence-electron chi connectivity index (χ0n) is 20.8. The topological polar surface area (TPSA) is 113 Å². The van der Waals surface area contributed by atoms with Gasteiger partial charge < -0.3 is 14.9 Å². The lowest BCUT2D eigenvalue weighted by Gasteiger charge is -2.23. The number of carbonyl (C=O) groups excluding carboxylic acids is 2. The molecule has 0 aliphatic carbocycles. The Bertz CT molecular complexity index is 1590. The van der Waals surface area contributed by atoms with E-state index in [1.165, 1.54) is 35.9 Å². The van der Waals surface area contributed by atoms with E-state index in [0.717, 1.165) is 22.5 Å². The second-order valence-corrected chi connectivity index (χ2v) is 11.3. The van der Waals surface area contributed by atoms with Crippen molar-refractivity contribution in [1.29, 1.82) is 0 Å². The Balaban J connectivity index is 1.56. The van der Waals surface area contributed by atoms with E-state index in [-0.39, 0.29) is 28.0 Å². The molecule has 1 atom stereocenters. The third-order valence-corrected chi connectivity index (χ3v) is 8.55. The van der Waals surface area contributed by atoms with Crippen molar-refractivity contribution in [2.45, 2.75) is 23.1 Å². The number of ketones is 1. The maximum Gasteiger partial charge on any atom is 0.301 e. The fraction of sp³-hybridized carbons (Fsp3) is 0.143. The third kappa shape index (κ3) is 5.36. The van der Waals surface area contributed by atoms with Gasteiger partial charge in [-0.25, -0.2) is 0 Å². The van der Waals surface area contributed by atoms with E-state index in [1.54, 1.807) is 30.3 Å². The Labute approximate surface area is 237 Å². The van der Waals surface area contributed by atoms with E-state index in [4.69, 9.17) is 16.3 Å². The number of amides is 1. The number of hydrogen-bond donors (Lipinski definition) is 2. The van der Waals surface area contributed by atoms with Gasteiger partial charge >= 0.3 is 5.91 Å². The van der Waals surface area contributed by atoms with E-state index >= 15 is 0 Å². The molecular formula is C28H22ClN3O5S2. The molecular weight excluding hydrogens is 558 g/mol. The summed E-state index contributed by atoms with van der Waals surface area (Å²) in [7, 11) is 1.40. The van der Waals surface area contributed by atoms with E-state index in [0.29, 0.717) is 26.2 Å². The predicted octanol–water partition coefficient (Wildman–Crippen LogP) is 6.13. The van der Waals surface area contributed by atoms with Crippen LogP contribution in [-0.4, -0.2) is 39.2 Å². The number of ether oxygens (including phenoxy) is 1. The summed E-state index contributed by atoms with van der Waals surface area (Å²) in [5.41, 5.74) is 2.76. The molecule has 1 fully saturated rings.